The van der Waals surface area contributed by atoms with Crippen molar-refractivity contribution in [1.82, 2.24) is 10.2 Å². The number of carbonyl (C=O) groups excluding carboxylic acids is 2. The van der Waals surface area contributed by atoms with Crippen molar-refractivity contribution in [3.05, 3.63) is 41.6 Å². The van der Waals surface area contributed by atoms with Crippen molar-refractivity contribution in [2.75, 3.05) is 19.8 Å². The topological polar surface area (TPSA) is 58.6 Å². The molecule has 1 aromatic carbocycles. The SMILES string of the molecule is CC(=O)N1C=Cc2ccccc2C1CC(=O)NCCCOCC(C)C. The number of benzene rings is 1. The van der Waals surface area contributed by atoms with Gasteiger partial charge in [0.25, 0.3) is 0 Å². The number of rotatable bonds is 8. The van der Waals surface area contributed by atoms with Gasteiger partial charge in [-0.15, -0.1) is 0 Å². The first kappa shape index (κ1) is 19.2. The highest BCUT2D eigenvalue weighted by molar-refractivity contribution is 5.81. The van der Waals surface area contributed by atoms with E-state index in [2.05, 4.69) is 19.2 Å². The van der Waals surface area contributed by atoms with E-state index < -0.39 is 0 Å². The minimum Gasteiger partial charge on any atom is -0.381 e. The molecule has 25 heavy (non-hydrogen) atoms. The molecule has 2 amide bonds. The summed E-state index contributed by atoms with van der Waals surface area (Å²) in [5, 5.41) is 2.93. The van der Waals surface area contributed by atoms with Gasteiger partial charge in [-0.05, 0) is 29.5 Å². The van der Waals surface area contributed by atoms with Crippen LogP contribution in [-0.2, 0) is 14.3 Å². The number of ether oxygens (including phenoxy) is 1. The third-order valence-electron chi connectivity index (χ3n) is 4.09. The molecule has 1 atom stereocenters. The van der Waals surface area contributed by atoms with E-state index >= 15 is 0 Å². The van der Waals surface area contributed by atoms with Crippen LogP contribution in [0.2, 0.25) is 0 Å². The number of fused-ring (bicyclic) bond motifs is 1. The molecule has 1 unspecified atom stereocenters. The lowest BCUT2D eigenvalue weighted by molar-refractivity contribution is -0.129. The van der Waals surface area contributed by atoms with Crippen LogP contribution in [0.3, 0.4) is 0 Å². The Labute approximate surface area is 150 Å². The predicted molar refractivity (Wildman–Crippen MR) is 98.6 cm³/mol. The number of carbonyl (C=O) groups is 2. The summed E-state index contributed by atoms with van der Waals surface area (Å²) in [7, 11) is 0. The van der Waals surface area contributed by atoms with Gasteiger partial charge in [-0.3, -0.25) is 9.59 Å². The van der Waals surface area contributed by atoms with Gasteiger partial charge >= 0.3 is 0 Å². The molecule has 5 nitrogen and oxygen atoms in total. The number of nitrogens with zero attached hydrogens (tertiary/aromatic N) is 1. The van der Waals surface area contributed by atoms with Crippen molar-refractivity contribution in [1.29, 1.82) is 0 Å². The summed E-state index contributed by atoms with van der Waals surface area (Å²) in [6.45, 7) is 7.72. The summed E-state index contributed by atoms with van der Waals surface area (Å²) in [6, 6.07) is 7.62. The molecule has 0 saturated carbocycles. The van der Waals surface area contributed by atoms with E-state index in [0.29, 0.717) is 19.1 Å². The third kappa shape index (κ3) is 5.71. The van der Waals surface area contributed by atoms with E-state index in [1.807, 2.05) is 30.3 Å². The van der Waals surface area contributed by atoms with Gasteiger partial charge in [-0.2, -0.15) is 0 Å². The summed E-state index contributed by atoms with van der Waals surface area (Å²) >= 11 is 0. The summed E-state index contributed by atoms with van der Waals surface area (Å²) in [6.07, 6.45) is 4.73. The first-order valence-corrected chi connectivity index (χ1v) is 8.89. The van der Waals surface area contributed by atoms with Crippen LogP contribution in [0.15, 0.2) is 30.5 Å². The lowest BCUT2D eigenvalue weighted by Gasteiger charge is -2.32. The van der Waals surface area contributed by atoms with E-state index in [0.717, 1.165) is 24.2 Å². The molecule has 0 radical (unpaired) electrons. The molecule has 1 aliphatic rings. The van der Waals surface area contributed by atoms with Crippen molar-refractivity contribution in [3.8, 4) is 0 Å². The maximum atomic E-state index is 12.3. The summed E-state index contributed by atoms with van der Waals surface area (Å²) < 4.78 is 5.51. The van der Waals surface area contributed by atoms with Crippen LogP contribution in [0.25, 0.3) is 6.08 Å². The van der Waals surface area contributed by atoms with E-state index in [9.17, 15) is 9.59 Å². The summed E-state index contributed by atoms with van der Waals surface area (Å²) in [4.78, 5) is 25.9. The lowest BCUT2D eigenvalue weighted by Crippen LogP contribution is -2.35. The van der Waals surface area contributed by atoms with Crippen molar-refractivity contribution >= 4 is 17.9 Å². The van der Waals surface area contributed by atoms with Gasteiger partial charge in [0.15, 0.2) is 0 Å². The monoisotopic (exact) mass is 344 g/mol. The Balaban J connectivity index is 1.87. The minimum atomic E-state index is -0.254. The number of nitrogens with one attached hydrogen (secondary N) is 1. The van der Waals surface area contributed by atoms with Crippen LogP contribution in [0, 0.1) is 5.92 Å². The number of hydrogen-bond acceptors (Lipinski definition) is 3. The van der Waals surface area contributed by atoms with Crippen LogP contribution < -0.4 is 5.32 Å². The molecule has 0 saturated heterocycles. The lowest BCUT2D eigenvalue weighted by atomic mass is 9.93. The van der Waals surface area contributed by atoms with Crippen LogP contribution in [-0.4, -0.2) is 36.5 Å². The zero-order valence-electron chi connectivity index (χ0n) is 15.3. The third-order valence-corrected chi connectivity index (χ3v) is 4.09. The fourth-order valence-corrected chi connectivity index (χ4v) is 2.88. The first-order chi connectivity index (χ1) is 12.0. The smallest absolute Gasteiger partial charge is 0.223 e. The van der Waals surface area contributed by atoms with Crippen LogP contribution in [0.5, 0.6) is 0 Å². The summed E-state index contributed by atoms with van der Waals surface area (Å²) in [5.41, 5.74) is 2.07. The maximum absolute atomic E-state index is 12.3. The van der Waals surface area contributed by atoms with Gasteiger partial charge in [-0.25, -0.2) is 0 Å². The van der Waals surface area contributed by atoms with Crippen LogP contribution in [0.4, 0.5) is 0 Å². The number of amides is 2. The molecule has 1 aliphatic heterocycles. The zero-order valence-corrected chi connectivity index (χ0v) is 15.3. The molecule has 0 fully saturated rings. The first-order valence-electron chi connectivity index (χ1n) is 8.89. The molecule has 0 bridgehead atoms. The predicted octanol–water partition coefficient (Wildman–Crippen LogP) is 3.13. The molecule has 1 heterocycles. The molecular formula is C20H28N2O3. The Morgan fingerprint density at radius 1 is 1.28 bits per heavy atom. The Bertz CT molecular complexity index is 625. The fourth-order valence-electron chi connectivity index (χ4n) is 2.88. The van der Waals surface area contributed by atoms with E-state index in [4.69, 9.17) is 4.74 Å². The zero-order chi connectivity index (χ0) is 18.2. The van der Waals surface area contributed by atoms with Crippen LogP contribution in [0.1, 0.15) is 50.8 Å². The molecular weight excluding hydrogens is 316 g/mol. The van der Waals surface area contributed by atoms with E-state index in [1.54, 1.807) is 11.1 Å². The average Bonchev–Trinajstić information content (AvgIpc) is 2.57. The van der Waals surface area contributed by atoms with Gasteiger partial charge in [-0.1, -0.05) is 38.1 Å². The Kier molecular flexibility index (Phi) is 7.19. The molecule has 1 N–H and O–H groups in total. The van der Waals surface area contributed by atoms with Crippen molar-refractivity contribution in [3.63, 3.8) is 0 Å². The van der Waals surface area contributed by atoms with Gasteiger partial charge in [0, 0.05) is 32.9 Å². The second-order valence-electron chi connectivity index (χ2n) is 6.76. The Hall–Kier alpha value is -2.14. The molecule has 1 aromatic rings. The van der Waals surface area contributed by atoms with E-state index in [-0.39, 0.29) is 24.3 Å². The standard InChI is InChI=1S/C20H28N2O3/c1-15(2)14-25-12-6-10-21-20(24)13-19-18-8-5-4-7-17(18)9-11-22(19)16(3)23/h4-5,7-9,11,15,19H,6,10,12-14H2,1-3H3,(H,21,24). The van der Waals surface area contributed by atoms with Crippen molar-refractivity contribution < 1.29 is 14.3 Å². The largest absolute Gasteiger partial charge is 0.381 e. The molecule has 0 spiro atoms. The molecule has 5 heteroatoms. The van der Waals surface area contributed by atoms with Gasteiger partial charge in [0.1, 0.15) is 0 Å². The Morgan fingerprint density at radius 3 is 2.76 bits per heavy atom. The molecule has 136 valence electrons. The maximum Gasteiger partial charge on any atom is 0.223 e. The van der Waals surface area contributed by atoms with Gasteiger partial charge in [0.2, 0.25) is 11.8 Å². The van der Waals surface area contributed by atoms with Gasteiger partial charge in [0.05, 0.1) is 12.5 Å². The Morgan fingerprint density at radius 2 is 2.04 bits per heavy atom. The molecule has 0 aromatic heterocycles. The number of hydrogen-bond donors (Lipinski definition) is 1. The fraction of sp³-hybridized carbons (Fsp3) is 0.500. The minimum absolute atomic E-state index is 0.0507. The summed E-state index contributed by atoms with van der Waals surface area (Å²) in [5.74, 6) is 0.405. The van der Waals surface area contributed by atoms with E-state index in [1.165, 1.54) is 6.92 Å². The molecule has 0 aliphatic carbocycles. The highest BCUT2D eigenvalue weighted by Gasteiger charge is 2.27. The van der Waals surface area contributed by atoms with Crippen molar-refractivity contribution in [2.45, 2.75) is 39.7 Å². The normalized spacial score (nSPS) is 16.0. The van der Waals surface area contributed by atoms with Crippen molar-refractivity contribution in [2.24, 2.45) is 5.92 Å². The highest BCUT2D eigenvalue weighted by Crippen LogP contribution is 2.32. The molecule has 2 rings (SSSR count). The highest BCUT2D eigenvalue weighted by atomic mass is 16.5. The average molecular weight is 344 g/mol. The second kappa shape index (κ2) is 9.37. The van der Waals surface area contributed by atoms with Gasteiger partial charge < -0.3 is 15.0 Å². The quantitative estimate of drug-likeness (QED) is 0.737. The second-order valence-corrected chi connectivity index (χ2v) is 6.76. The van der Waals surface area contributed by atoms with Crippen LogP contribution >= 0.6 is 0 Å².